The molecule has 1 rings (SSSR count). The van der Waals surface area contributed by atoms with Crippen molar-refractivity contribution in [2.45, 2.75) is 19.4 Å². The molecule has 0 aliphatic rings. The van der Waals surface area contributed by atoms with Crippen LogP contribution in [0.5, 0.6) is 0 Å². The van der Waals surface area contributed by atoms with E-state index in [1.54, 1.807) is 6.92 Å². The highest BCUT2D eigenvalue weighted by Crippen LogP contribution is 2.19. The Morgan fingerprint density at radius 3 is 2.59 bits per heavy atom. The Morgan fingerprint density at radius 1 is 1.47 bits per heavy atom. The van der Waals surface area contributed by atoms with E-state index in [0.717, 1.165) is 0 Å². The molecular formula is C11H13ClN2O3. The number of ether oxygens (including phenoxy) is 1. The standard InChI is InChI=1S/C11H13ClN2O3/c1-2-9(10(14)15)17-11(16)7-4-3-6(12)5-8(7)13/h3-5,9H,2,13H2,1H3,(H2,14,15). The third-order valence-electron chi connectivity index (χ3n) is 2.17. The Bertz CT molecular complexity index is 448. The number of rotatable bonds is 4. The first-order valence-electron chi connectivity index (χ1n) is 5.01. The monoisotopic (exact) mass is 256 g/mol. The van der Waals surface area contributed by atoms with Crippen LogP contribution < -0.4 is 11.5 Å². The van der Waals surface area contributed by atoms with E-state index >= 15 is 0 Å². The van der Waals surface area contributed by atoms with Crippen LogP contribution >= 0.6 is 11.6 Å². The molecule has 1 atom stereocenters. The van der Waals surface area contributed by atoms with Gasteiger partial charge >= 0.3 is 5.97 Å². The maximum absolute atomic E-state index is 11.7. The first kappa shape index (κ1) is 13.3. The number of benzene rings is 1. The van der Waals surface area contributed by atoms with Crippen LogP contribution in [0.25, 0.3) is 0 Å². The van der Waals surface area contributed by atoms with Crippen molar-refractivity contribution in [2.75, 3.05) is 5.73 Å². The minimum absolute atomic E-state index is 0.161. The summed E-state index contributed by atoms with van der Waals surface area (Å²) < 4.78 is 4.93. The molecule has 0 aromatic heterocycles. The predicted molar refractivity (Wildman–Crippen MR) is 64.6 cm³/mol. The van der Waals surface area contributed by atoms with Crippen LogP contribution in [0.4, 0.5) is 5.69 Å². The van der Waals surface area contributed by atoms with Gasteiger partial charge in [0.15, 0.2) is 6.10 Å². The summed E-state index contributed by atoms with van der Waals surface area (Å²) in [5.74, 6) is -1.38. The van der Waals surface area contributed by atoms with E-state index in [0.29, 0.717) is 11.4 Å². The molecule has 0 aliphatic heterocycles. The van der Waals surface area contributed by atoms with Crippen molar-refractivity contribution in [1.82, 2.24) is 0 Å². The molecule has 1 aromatic rings. The van der Waals surface area contributed by atoms with Gasteiger partial charge in [0.2, 0.25) is 0 Å². The van der Waals surface area contributed by atoms with E-state index in [1.165, 1.54) is 18.2 Å². The fraction of sp³-hybridized carbons (Fsp3) is 0.273. The van der Waals surface area contributed by atoms with Gasteiger partial charge < -0.3 is 16.2 Å². The summed E-state index contributed by atoms with van der Waals surface area (Å²) >= 11 is 5.70. The van der Waals surface area contributed by atoms with Gasteiger partial charge in [0, 0.05) is 10.7 Å². The maximum Gasteiger partial charge on any atom is 0.341 e. The summed E-state index contributed by atoms with van der Waals surface area (Å²) in [5, 5.41) is 0.418. The minimum Gasteiger partial charge on any atom is -0.449 e. The Labute approximate surface area is 104 Å². The van der Waals surface area contributed by atoms with Crippen LogP contribution in [0, 0.1) is 0 Å². The third-order valence-corrected chi connectivity index (χ3v) is 2.41. The lowest BCUT2D eigenvalue weighted by molar-refractivity contribution is -0.126. The first-order chi connectivity index (χ1) is 7.95. The molecule has 0 saturated carbocycles. The fourth-order valence-electron chi connectivity index (χ4n) is 1.25. The third kappa shape index (κ3) is 3.35. The van der Waals surface area contributed by atoms with Crippen molar-refractivity contribution in [3.8, 4) is 0 Å². The summed E-state index contributed by atoms with van der Waals surface area (Å²) in [4.78, 5) is 22.6. The van der Waals surface area contributed by atoms with Crippen LogP contribution in [0.3, 0.4) is 0 Å². The van der Waals surface area contributed by atoms with E-state index in [2.05, 4.69) is 0 Å². The molecule has 1 amide bonds. The summed E-state index contributed by atoms with van der Waals surface area (Å²) in [5.41, 5.74) is 11.0. The molecule has 5 nitrogen and oxygen atoms in total. The van der Waals surface area contributed by atoms with Crippen molar-refractivity contribution in [3.63, 3.8) is 0 Å². The zero-order chi connectivity index (χ0) is 13.0. The van der Waals surface area contributed by atoms with Gasteiger partial charge in [0.05, 0.1) is 5.56 Å². The maximum atomic E-state index is 11.7. The van der Waals surface area contributed by atoms with Gasteiger partial charge in [-0.2, -0.15) is 0 Å². The highest BCUT2D eigenvalue weighted by molar-refractivity contribution is 6.31. The van der Waals surface area contributed by atoms with E-state index in [4.69, 9.17) is 27.8 Å². The lowest BCUT2D eigenvalue weighted by Gasteiger charge is -2.13. The fourth-order valence-corrected chi connectivity index (χ4v) is 1.44. The molecule has 0 bridgehead atoms. The highest BCUT2D eigenvalue weighted by Gasteiger charge is 2.20. The number of primary amides is 1. The zero-order valence-corrected chi connectivity index (χ0v) is 10.0. The number of carbonyl (C=O) groups is 2. The number of anilines is 1. The van der Waals surface area contributed by atoms with Gasteiger partial charge in [-0.3, -0.25) is 4.79 Å². The quantitative estimate of drug-likeness (QED) is 0.628. The zero-order valence-electron chi connectivity index (χ0n) is 9.27. The van der Waals surface area contributed by atoms with Crippen molar-refractivity contribution in [2.24, 2.45) is 5.73 Å². The number of halogens is 1. The number of nitrogens with two attached hydrogens (primary N) is 2. The molecule has 0 saturated heterocycles. The Morgan fingerprint density at radius 2 is 2.12 bits per heavy atom. The summed E-state index contributed by atoms with van der Waals surface area (Å²) in [6, 6.07) is 4.39. The largest absolute Gasteiger partial charge is 0.449 e. The van der Waals surface area contributed by atoms with Crippen molar-refractivity contribution >= 4 is 29.2 Å². The second-order valence-electron chi connectivity index (χ2n) is 3.44. The molecular weight excluding hydrogens is 244 g/mol. The normalized spacial score (nSPS) is 11.9. The molecule has 0 aliphatic carbocycles. The van der Waals surface area contributed by atoms with Crippen LogP contribution in [-0.4, -0.2) is 18.0 Å². The lowest BCUT2D eigenvalue weighted by atomic mass is 10.2. The topological polar surface area (TPSA) is 95.4 Å². The molecule has 17 heavy (non-hydrogen) atoms. The summed E-state index contributed by atoms with van der Waals surface area (Å²) in [7, 11) is 0. The molecule has 1 unspecified atom stereocenters. The van der Waals surface area contributed by atoms with Crippen LogP contribution in [0.1, 0.15) is 23.7 Å². The average Bonchev–Trinajstić information content (AvgIpc) is 2.24. The number of carbonyl (C=O) groups excluding carboxylic acids is 2. The summed E-state index contributed by atoms with van der Waals surface area (Å²) in [6.45, 7) is 1.69. The second kappa shape index (κ2) is 5.54. The van der Waals surface area contributed by atoms with E-state index in [-0.39, 0.29) is 11.3 Å². The Kier molecular flexibility index (Phi) is 4.34. The van der Waals surface area contributed by atoms with Gasteiger partial charge in [0.25, 0.3) is 5.91 Å². The number of hydrogen-bond donors (Lipinski definition) is 2. The number of amides is 1. The summed E-state index contributed by atoms with van der Waals surface area (Å²) in [6.07, 6.45) is -0.633. The first-order valence-corrected chi connectivity index (χ1v) is 5.38. The van der Waals surface area contributed by atoms with Crippen molar-refractivity contribution < 1.29 is 14.3 Å². The molecule has 0 radical (unpaired) electrons. The smallest absolute Gasteiger partial charge is 0.341 e. The van der Waals surface area contributed by atoms with Crippen LogP contribution in [0.2, 0.25) is 5.02 Å². The highest BCUT2D eigenvalue weighted by atomic mass is 35.5. The average molecular weight is 257 g/mol. The molecule has 6 heteroatoms. The molecule has 1 aromatic carbocycles. The van der Waals surface area contributed by atoms with Crippen LogP contribution in [-0.2, 0) is 9.53 Å². The van der Waals surface area contributed by atoms with Gasteiger partial charge in [-0.25, -0.2) is 4.79 Å². The van der Waals surface area contributed by atoms with E-state index in [9.17, 15) is 9.59 Å². The van der Waals surface area contributed by atoms with Gasteiger partial charge in [-0.1, -0.05) is 18.5 Å². The number of nitrogen functional groups attached to an aromatic ring is 1. The van der Waals surface area contributed by atoms with E-state index < -0.39 is 18.0 Å². The van der Waals surface area contributed by atoms with Crippen LogP contribution in [0.15, 0.2) is 18.2 Å². The molecule has 0 spiro atoms. The Hall–Kier alpha value is -1.75. The Balaban J connectivity index is 2.86. The number of hydrogen-bond acceptors (Lipinski definition) is 4. The van der Waals surface area contributed by atoms with Crippen molar-refractivity contribution in [3.05, 3.63) is 28.8 Å². The molecule has 0 heterocycles. The van der Waals surface area contributed by atoms with Gasteiger partial charge in [0.1, 0.15) is 0 Å². The minimum atomic E-state index is -0.947. The van der Waals surface area contributed by atoms with Gasteiger partial charge in [-0.15, -0.1) is 0 Å². The van der Waals surface area contributed by atoms with Gasteiger partial charge in [-0.05, 0) is 24.6 Å². The lowest BCUT2D eigenvalue weighted by Crippen LogP contribution is -2.32. The second-order valence-corrected chi connectivity index (χ2v) is 3.87. The number of esters is 1. The van der Waals surface area contributed by atoms with Crippen molar-refractivity contribution in [1.29, 1.82) is 0 Å². The molecule has 92 valence electrons. The molecule has 4 N–H and O–H groups in total. The van der Waals surface area contributed by atoms with E-state index in [1.807, 2.05) is 0 Å². The SMILES string of the molecule is CCC(OC(=O)c1ccc(Cl)cc1N)C(N)=O. The predicted octanol–water partition coefficient (Wildman–Crippen LogP) is 1.34. The molecule has 0 fully saturated rings.